The molecule has 1 aromatic carbocycles. The molecule has 2 N–H and O–H groups in total. The fourth-order valence-electron chi connectivity index (χ4n) is 1.49. The Kier molecular flexibility index (Phi) is 3.67. The van der Waals surface area contributed by atoms with Crippen LogP contribution in [0.25, 0.3) is 0 Å². The number of hydrogen-bond donors (Lipinski definition) is 1. The summed E-state index contributed by atoms with van der Waals surface area (Å²) in [6.07, 6.45) is 2.19. The van der Waals surface area contributed by atoms with Crippen molar-refractivity contribution in [2.24, 2.45) is 0 Å². The van der Waals surface area contributed by atoms with Gasteiger partial charge in [0.2, 0.25) is 0 Å². The number of ether oxygens (including phenoxy) is 1. The third-order valence-corrected chi connectivity index (χ3v) is 2.67. The highest BCUT2D eigenvalue weighted by Crippen LogP contribution is 2.29. The van der Waals surface area contributed by atoms with Crippen molar-refractivity contribution in [3.63, 3.8) is 0 Å². The number of nitrogens with zero attached hydrogens (tertiary/aromatic N) is 1. The van der Waals surface area contributed by atoms with Gasteiger partial charge < -0.3 is 10.5 Å². The Hall–Kier alpha value is -1.81. The van der Waals surface area contributed by atoms with Crippen LogP contribution in [0.15, 0.2) is 30.5 Å². The Morgan fingerprint density at radius 1 is 1.39 bits per heavy atom. The first-order chi connectivity index (χ1) is 8.60. The van der Waals surface area contributed by atoms with Crippen molar-refractivity contribution in [1.29, 1.82) is 0 Å². The second-order valence-corrected chi connectivity index (χ2v) is 4.20. The molecule has 94 valence electrons. The number of anilines is 1. The van der Waals surface area contributed by atoms with E-state index in [2.05, 4.69) is 4.98 Å². The van der Waals surface area contributed by atoms with E-state index in [0.29, 0.717) is 11.4 Å². The van der Waals surface area contributed by atoms with Gasteiger partial charge in [-0.1, -0.05) is 24.6 Å². The smallest absolute Gasteiger partial charge is 0.256 e. The maximum absolute atomic E-state index is 13.5. The molecule has 0 amide bonds. The van der Waals surface area contributed by atoms with Crippen molar-refractivity contribution in [2.45, 2.75) is 13.3 Å². The van der Waals surface area contributed by atoms with Crippen molar-refractivity contribution in [2.75, 3.05) is 5.73 Å². The van der Waals surface area contributed by atoms with Gasteiger partial charge in [-0.05, 0) is 30.2 Å². The minimum atomic E-state index is -0.624. The second-order valence-electron chi connectivity index (χ2n) is 3.77. The molecule has 1 aromatic heterocycles. The number of hydrogen-bond acceptors (Lipinski definition) is 3. The van der Waals surface area contributed by atoms with Crippen LogP contribution in [0.1, 0.15) is 12.5 Å². The number of halogens is 2. The molecule has 0 saturated carbocycles. The molecule has 0 aliphatic heterocycles. The topological polar surface area (TPSA) is 48.1 Å². The van der Waals surface area contributed by atoms with E-state index in [1.54, 1.807) is 12.1 Å². The predicted molar refractivity (Wildman–Crippen MR) is 69.5 cm³/mol. The van der Waals surface area contributed by atoms with E-state index in [1.807, 2.05) is 13.0 Å². The van der Waals surface area contributed by atoms with Crippen LogP contribution in [0.5, 0.6) is 11.6 Å². The zero-order valence-corrected chi connectivity index (χ0v) is 10.5. The molecule has 3 nitrogen and oxygen atoms in total. The highest BCUT2D eigenvalue weighted by Gasteiger charge is 2.09. The van der Waals surface area contributed by atoms with Gasteiger partial charge >= 0.3 is 0 Å². The van der Waals surface area contributed by atoms with Gasteiger partial charge in [-0.3, -0.25) is 0 Å². The Labute approximate surface area is 109 Å². The molecule has 0 fully saturated rings. The lowest BCUT2D eigenvalue weighted by Gasteiger charge is -2.09. The number of rotatable bonds is 3. The molecule has 0 aliphatic carbocycles. The van der Waals surface area contributed by atoms with E-state index in [1.165, 1.54) is 6.20 Å². The van der Waals surface area contributed by atoms with E-state index in [-0.39, 0.29) is 10.9 Å². The molecule has 2 aromatic rings. The average Bonchev–Trinajstić information content (AvgIpc) is 2.34. The van der Waals surface area contributed by atoms with Gasteiger partial charge in [-0.2, -0.15) is 0 Å². The van der Waals surface area contributed by atoms with Crippen molar-refractivity contribution < 1.29 is 9.13 Å². The predicted octanol–water partition coefficient (Wildman–Crippen LogP) is 3.81. The summed E-state index contributed by atoms with van der Waals surface area (Å²) in [5.74, 6) is -0.391. The van der Waals surface area contributed by atoms with Gasteiger partial charge in [-0.25, -0.2) is 9.37 Å². The summed E-state index contributed by atoms with van der Waals surface area (Å²) in [4.78, 5) is 3.77. The van der Waals surface area contributed by atoms with E-state index >= 15 is 0 Å². The van der Waals surface area contributed by atoms with Gasteiger partial charge in [0.25, 0.3) is 5.88 Å². The summed E-state index contributed by atoms with van der Waals surface area (Å²) in [7, 11) is 0. The first kappa shape index (κ1) is 12.6. The molecule has 2 rings (SSSR count). The summed E-state index contributed by atoms with van der Waals surface area (Å²) >= 11 is 5.61. The summed E-state index contributed by atoms with van der Waals surface area (Å²) in [5, 5.41) is 0.217. The summed E-state index contributed by atoms with van der Waals surface area (Å²) in [5.41, 5.74) is 7.36. The number of nitrogens with two attached hydrogens (primary N) is 1. The van der Waals surface area contributed by atoms with Gasteiger partial charge in [0.1, 0.15) is 0 Å². The van der Waals surface area contributed by atoms with Crippen LogP contribution in [0.4, 0.5) is 10.1 Å². The SMILES string of the molecule is CCc1ccc(Oc2ncc(Cl)cc2F)c(N)c1. The molecule has 0 atom stereocenters. The van der Waals surface area contributed by atoms with Crippen molar-refractivity contribution in [3.05, 3.63) is 46.9 Å². The first-order valence-corrected chi connectivity index (χ1v) is 5.85. The molecule has 5 heteroatoms. The fraction of sp³-hybridized carbons (Fsp3) is 0.154. The second kappa shape index (κ2) is 5.23. The molecule has 0 aliphatic rings. The molecular weight excluding hydrogens is 255 g/mol. The van der Waals surface area contributed by atoms with E-state index in [4.69, 9.17) is 22.1 Å². The van der Waals surface area contributed by atoms with Crippen molar-refractivity contribution >= 4 is 17.3 Å². The number of aryl methyl sites for hydroxylation is 1. The van der Waals surface area contributed by atoms with Crippen LogP contribution in [0, 0.1) is 5.82 Å². The van der Waals surface area contributed by atoms with E-state index in [0.717, 1.165) is 18.1 Å². The highest BCUT2D eigenvalue weighted by atomic mass is 35.5. The molecule has 0 spiro atoms. The van der Waals surface area contributed by atoms with Crippen LogP contribution < -0.4 is 10.5 Å². The Morgan fingerprint density at radius 2 is 2.17 bits per heavy atom. The maximum Gasteiger partial charge on any atom is 0.256 e. The Bertz CT molecular complexity index is 575. The number of pyridine rings is 1. The van der Waals surface area contributed by atoms with Crippen molar-refractivity contribution in [3.8, 4) is 11.6 Å². The lowest BCUT2D eigenvalue weighted by Crippen LogP contribution is -1.97. The molecule has 1 heterocycles. The first-order valence-electron chi connectivity index (χ1n) is 5.47. The lowest BCUT2D eigenvalue weighted by atomic mass is 10.1. The zero-order valence-electron chi connectivity index (χ0n) is 9.78. The minimum absolute atomic E-state index is 0.143. The number of aromatic nitrogens is 1. The molecular formula is C13H12ClFN2O. The normalized spacial score (nSPS) is 10.4. The third kappa shape index (κ3) is 2.71. The Morgan fingerprint density at radius 3 is 2.78 bits per heavy atom. The molecule has 18 heavy (non-hydrogen) atoms. The number of nitrogen functional groups attached to an aromatic ring is 1. The van der Waals surface area contributed by atoms with Gasteiger partial charge in [0, 0.05) is 6.20 Å². The third-order valence-electron chi connectivity index (χ3n) is 2.46. The van der Waals surface area contributed by atoms with Gasteiger partial charge in [0.15, 0.2) is 11.6 Å². The van der Waals surface area contributed by atoms with Gasteiger partial charge in [-0.15, -0.1) is 0 Å². The fourth-order valence-corrected chi connectivity index (χ4v) is 1.64. The van der Waals surface area contributed by atoms with Crippen LogP contribution >= 0.6 is 11.6 Å². The zero-order chi connectivity index (χ0) is 13.1. The maximum atomic E-state index is 13.5. The molecule has 0 bridgehead atoms. The van der Waals surface area contributed by atoms with E-state index < -0.39 is 5.82 Å². The summed E-state index contributed by atoms with van der Waals surface area (Å²) < 4.78 is 18.8. The summed E-state index contributed by atoms with van der Waals surface area (Å²) in [6.45, 7) is 2.02. The highest BCUT2D eigenvalue weighted by molar-refractivity contribution is 6.30. The summed E-state index contributed by atoms with van der Waals surface area (Å²) in [6, 6.07) is 6.51. The monoisotopic (exact) mass is 266 g/mol. The Balaban J connectivity index is 2.28. The lowest BCUT2D eigenvalue weighted by molar-refractivity contribution is 0.424. The van der Waals surface area contributed by atoms with Crippen LogP contribution in [-0.4, -0.2) is 4.98 Å². The quantitative estimate of drug-likeness (QED) is 0.860. The van der Waals surface area contributed by atoms with Crippen LogP contribution in [0.2, 0.25) is 5.02 Å². The molecule has 0 saturated heterocycles. The minimum Gasteiger partial charge on any atom is -0.434 e. The molecule has 0 radical (unpaired) electrons. The van der Waals surface area contributed by atoms with Gasteiger partial charge in [0.05, 0.1) is 10.7 Å². The average molecular weight is 267 g/mol. The van der Waals surface area contributed by atoms with E-state index in [9.17, 15) is 4.39 Å². The molecule has 0 unspecified atom stereocenters. The van der Waals surface area contributed by atoms with Crippen molar-refractivity contribution in [1.82, 2.24) is 4.98 Å². The van der Waals surface area contributed by atoms with Crippen LogP contribution in [0.3, 0.4) is 0 Å². The largest absolute Gasteiger partial charge is 0.434 e. The van der Waals surface area contributed by atoms with Crippen LogP contribution in [-0.2, 0) is 6.42 Å². The standard InChI is InChI=1S/C13H12ClFN2O/c1-2-8-3-4-12(11(16)5-8)18-13-10(15)6-9(14)7-17-13/h3-7H,2,16H2,1H3. The number of benzene rings is 1.